The normalized spacial score (nSPS) is 15.6. The Kier molecular flexibility index (Phi) is 10.6. The first-order chi connectivity index (χ1) is 11.1. The lowest BCUT2D eigenvalue weighted by atomic mass is 9.94. The van der Waals surface area contributed by atoms with Gasteiger partial charge in [0.1, 0.15) is 0 Å². The van der Waals surface area contributed by atoms with Crippen LogP contribution in [0.3, 0.4) is 0 Å². The molecule has 0 N–H and O–H groups in total. The van der Waals surface area contributed by atoms with Gasteiger partial charge in [0.25, 0.3) is 0 Å². The molecule has 0 aromatic carbocycles. The van der Waals surface area contributed by atoms with E-state index in [1.807, 2.05) is 0 Å². The van der Waals surface area contributed by atoms with Crippen molar-refractivity contribution < 1.29 is 4.79 Å². The van der Waals surface area contributed by atoms with Crippen LogP contribution in [0.1, 0.15) is 117 Å². The van der Waals surface area contributed by atoms with E-state index in [1.54, 1.807) is 0 Å². The van der Waals surface area contributed by atoms with Crippen LogP contribution in [0.15, 0.2) is 0 Å². The molecular formula is C21H41NO. The Hall–Kier alpha value is -0.530. The van der Waals surface area contributed by atoms with Crippen LogP contribution in [-0.2, 0) is 4.79 Å². The van der Waals surface area contributed by atoms with Gasteiger partial charge in [0.15, 0.2) is 0 Å². The Balaban J connectivity index is 1.90. The zero-order valence-corrected chi connectivity index (χ0v) is 16.2. The van der Waals surface area contributed by atoms with E-state index in [1.165, 1.54) is 77.0 Å². The van der Waals surface area contributed by atoms with Gasteiger partial charge in [0.2, 0.25) is 5.91 Å². The predicted octanol–water partition coefficient (Wildman–Crippen LogP) is 6.48. The van der Waals surface area contributed by atoms with Crippen molar-refractivity contribution in [3.05, 3.63) is 0 Å². The van der Waals surface area contributed by atoms with Crippen LogP contribution in [0.2, 0.25) is 0 Å². The van der Waals surface area contributed by atoms with Crippen molar-refractivity contribution in [2.75, 3.05) is 6.54 Å². The van der Waals surface area contributed by atoms with Crippen molar-refractivity contribution in [3.8, 4) is 0 Å². The van der Waals surface area contributed by atoms with Gasteiger partial charge in [-0.25, -0.2) is 0 Å². The van der Waals surface area contributed by atoms with E-state index in [-0.39, 0.29) is 5.54 Å². The molecule has 0 radical (unpaired) electrons. The average Bonchev–Trinajstić information content (AvgIpc) is 2.95. The molecule has 1 aliphatic rings. The molecule has 0 saturated carbocycles. The number of unbranched alkanes of at least 4 members (excludes halogenated alkanes) is 11. The molecule has 2 heteroatoms. The molecule has 1 heterocycles. The Bertz CT molecular complexity index is 311. The third kappa shape index (κ3) is 8.77. The molecule has 136 valence electrons. The number of carbonyl (C=O) groups is 1. The lowest BCUT2D eigenvalue weighted by Gasteiger charge is -2.35. The van der Waals surface area contributed by atoms with E-state index < -0.39 is 0 Å². The van der Waals surface area contributed by atoms with Crippen LogP contribution >= 0.6 is 0 Å². The largest absolute Gasteiger partial charge is 0.338 e. The van der Waals surface area contributed by atoms with Crippen LogP contribution < -0.4 is 0 Å². The number of likely N-dealkylation sites (tertiary alicyclic amines) is 1. The fraction of sp³-hybridized carbons (Fsp3) is 0.952. The molecule has 0 aliphatic carbocycles. The van der Waals surface area contributed by atoms with Gasteiger partial charge in [0, 0.05) is 18.5 Å². The van der Waals surface area contributed by atoms with Crippen LogP contribution in [-0.4, -0.2) is 22.9 Å². The Labute approximate surface area is 145 Å². The van der Waals surface area contributed by atoms with E-state index in [4.69, 9.17) is 0 Å². The molecule has 0 unspecified atom stereocenters. The summed E-state index contributed by atoms with van der Waals surface area (Å²) in [7, 11) is 0. The highest BCUT2D eigenvalue weighted by Crippen LogP contribution is 2.27. The van der Waals surface area contributed by atoms with Crippen molar-refractivity contribution in [2.24, 2.45) is 0 Å². The minimum atomic E-state index is 0.0755. The maximum Gasteiger partial charge on any atom is 0.223 e. The number of nitrogens with zero attached hydrogens (tertiary/aromatic N) is 1. The molecular weight excluding hydrogens is 282 g/mol. The van der Waals surface area contributed by atoms with Gasteiger partial charge >= 0.3 is 0 Å². The summed E-state index contributed by atoms with van der Waals surface area (Å²) in [4.78, 5) is 14.0. The number of hydrogen-bond donors (Lipinski definition) is 0. The van der Waals surface area contributed by atoms with Gasteiger partial charge in [-0.15, -0.1) is 0 Å². The number of rotatable bonds is 14. The van der Waals surface area contributed by atoms with Gasteiger partial charge < -0.3 is 4.90 Å². The third-order valence-electron chi connectivity index (χ3n) is 5.45. The minimum absolute atomic E-state index is 0.0755. The standard InChI is InChI=1S/C21H41NO/c1-4-5-6-7-8-9-10-11-12-13-14-15-18-21(2,3)22-19-16-17-20(22)23/h4-19H2,1-3H3. The zero-order valence-electron chi connectivity index (χ0n) is 16.2. The lowest BCUT2D eigenvalue weighted by Crippen LogP contribution is -2.44. The molecule has 23 heavy (non-hydrogen) atoms. The SMILES string of the molecule is CCCCCCCCCCCCCCC(C)(C)N1CCCC1=O. The molecule has 0 atom stereocenters. The molecule has 0 bridgehead atoms. The first kappa shape index (κ1) is 20.5. The summed E-state index contributed by atoms with van der Waals surface area (Å²) in [5.41, 5.74) is 0.0755. The van der Waals surface area contributed by atoms with Crippen molar-refractivity contribution in [1.29, 1.82) is 0 Å². The summed E-state index contributed by atoms with van der Waals surface area (Å²) in [6.45, 7) is 7.75. The second-order valence-electron chi connectivity index (χ2n) is 8.10. The molecule has 1 rings (SSSR count). The van der Waals surface area contributed by atoms with E-state index in [0.717, 1.165) is 25.8 Å². The van der Waals surface area contributed by atoms with Gasteiger partial charge in [0.05, 0.1) is 0 Å². The Morgan fingerprint density at radius 1 is 0.826 bits per heavy atom. The second-order valence-corrected chi connectivity index (χ2v) is 8.10. The van der Waals surface area contributed by atoms with Crippen molar-refractivity contribution in [2.45, 2.75) is 123 Å². The molecule has 0 aromatic rings. The Morgan fingerprint density at radius 3 is 1.74 bits per heavy atom. The predicted molar refractivity (Wildman–Crippen MR) is 101 cm³/mol. The maximum atomic E-state index is 11.9. The zero-order chi connectivity index (χ0) is 17.0. The highest BCUT2D eigenvalue weighted by atomic mass is 16.2. The molecule has 1 aliphatic heterocycles. The molecule has 1 saturated heterocycles. The number of carbonyl (C=O) groups excluding carboxylic acids is 1. The maximum absolute atomic E-state index is 11.9. The van der Waals surface area contributed by atoms with Crippen molar-refractivity contribution in [3.63, 3.8) is 0 Å². The van der Waals surface area contributed by atoms with E-state index in [9.17, 15) is 4.79 Å². The van der Waals surface area contributed by atoms with Crippen LogP contribution in [0.4, 0.5) is 0 Å². The highest BCUT2D eigenvalue weighted by Gasteiger charge is 2.33. The number of amides is 1. The van der Waals surface area contributed by atoms with Crippen molar-refractivity contribution >= 4 is 5.91 Å². The molecule has 0 aromatic heterocycles. The monoisotopic (exact) mass is 323 g/mol. The third-order valence-corrected chi connectivity index (χ3v) is 5.45. The summed E-state index contributed by atoms with van der Waals surface area (Å²) in [6.07, 6.45) is 19.7. The van der Waals surface area contributed by atoms with Gasteiger partial charge in [-0.05, 0) is 26.7 Å². The fourth-order valence-corrected chi connectivity index (χ4v) is 3.82. The molecule has 1 fully saturated rings. The van der Waals surface area contributed by atoms with E-state index >= 15 is 0 Å². The highest BCUT2D eigenvalue weighted by molar-refractivity contribution is 5.78. The second kappa shape index (κ2) is 11.9. The fourth-order valence-electron chi connectivity index (χ4n) is 3.82. The average molecular weight is 324 g/mol. The van der Waals surface area contributed by atoms with E-state index in [2.05, 4.69) is 25.7 Å². The van der Waals surface area contributed by atoms with Crippen LogP contribution in [0, 0.1) is 0 Å². The Morgan fingerprint density at radius 2 is 1.30 bits per heavy atom. The summed E-state index contributed by atoms with van der Waals surface area (Å²) >= 11 is 0. The van der Waals surface area contributed by atoms with Crippen LogP contribution in [0.5, 0.6) is 0 Å². The lowest BCUT2D eigenvalue weighted by molar-refractivity contribution is -0.132. The topological polar surface area (TPSA) is 20.3 Å². The van der Waals surface area contributed by atoms with Gasteiger partial charge in [-0.3, -0.25) is 4.79 Å². The smallest absolute Gasteiger partial charge is 0.223 e. The van der Waals surface area contributed by atoms with Crippen molar-refractivity contribution in [1.82, 2.24) is 4.90 Å². The van der Waals surface area contributed by atoms with Gasteiger partial charge in [-0.2, -0.15) is 0 Å². The molecule has 2 nitrogen and oxygen atoms in total. The number of hydrogen-bond acceptors (Lipinski definition) is 1. The first-order valence-corrected chi connectivity index (χ1v) is 10.4. The molecule has 0 spiro atoms. The first-order valence-electron chi connectivity index (χ1n) is 10.4. The van der Waals surface area contributed by atoms with Crippen LogP contribution in [0.25, 0.3) is 0 Å². The minimum Gasteiger partial charge on any atom is -0.338 e. The summed E-state index contributed by atoms with van der Waals surface area (Å²) in [5, 5.41) is 0. The summed E-state index contributed by atoms with van der Waals surface area (Å²) in [5.74, 6) is 0.369. The quantitative estimate of drug-likeness (QED) is 0.335. The van der Waals surface area contributed by atoms with E-state index in [0.29, 0.717) is 5.91 Å². The molecule has 1 amide bonds. The van der Waals surface area contributed by atoms with Gasteiger partial charge in [-0.1, -0.05) is 84.0 Å². The summed E-state index contributed by atoms with van der Waals surface area (Å²) < 4.78 is 0. The summed E-state index contributed by atoms with van der Waals surface area (Å²) in [6, 6.07) is 0.